The van der Waals surface area contributed by atoms with E-state index in [2.05, 4.69) is 18.1 Å². The number of terminal acetylenes is 1. The van der Waals surface area contributed by atoms with Gasteiger partial charge in [-0.1, -0.05) is 37.8 Å². The highest BCUT2D eigenvalue weighted by molar-refractivity contribution is 5.88. The van der Waals surface area contributed by atoms with Gasteiger partial charge in [-0.05, 0) is 48.9 Å². The molecule has 6 rings (SSSR count). The fraction of sp³-hybridized carbons (Fsp3) is 0.370. The molecule has 0 spiro atoms. The Labute approximate surface area is 191 Å². The molecule has 3 aliphatic rings. The average Bonchev–Trinajstić information content (AvgIpc) is 3.48. The number of benzene rings is 1. The van der Waals surface area contributed by atoms with E-state index in [0.29, 0.717) is 23.9 Å². The Hall–Kier alpha value is -3.43. The van der Waals surface area contributed by atoms with Gasteiger partial charge in [-0.3, -0.25) is 4.79 Å². The summed E-state index contributed by atoms with van der Waals surface area (Å²) in [4.78, 5) is 31.1. The van der Waals surface area contributed by atoms with Crippen molar-refractivity contribution in [2.75, 3.05) is 0 Å². The summed E-state index contributed by atoms with van der Waals surface area (Å²) in [5.41, 5.74) is 2.62. The number of hydrogen-bond donors (Lipinski definition) is 1. The van der Waals surface area contributed by atoms with Crippen LogP contribution < -0.4 is 5.56 Å². The van der Waals surface area contributed by atoms with Gasteiger partial charge in [0.05, 0.1) is 29.0 Å². The lowest BCUT2D eigenvalue weighted by Gasteiger charge is -2.34. The predicted molar refractivity (Wildman–Crippen MR) is 124 cm³/mol. The number of nitrogens with zero attached hydrogens (tertiary/aromatic N) is 2. The van der Waals surface area contributed by atoms with E-state index in [9.17, 15) is 14.7 Å². The number of aliphatic hydroxyl groups is 1. The van der Waals surface area contributed by atoms with Crippen LogP contribution in [0.15, 0.2) is 35.1 Å². The zero-order valence-corrected chi connectivity index (χ0v) is 18.4. The maximum Gasteiger partial charge on any atom is 0.344 e. The third-order valence-electron chi connectivity index (χ3n) is 7.61. The molecule has 0 saturated heterocycles. The second-order valence-electron chi connectivity index (χ2n) is 9.31. The molecule has 1 aromatic carbocycles. The maximum absolute atomic E-state index is 13.6. The van der Waals surface area contributed by atoms with Crippen molar-refractivity contribution in [3.05, 3.63) is 62.9 Å². The van der Waals surface area contributed by atoms with Gasteiger partial charge in [-0.15, -0.1) is 6.42 Å². The minimum atomic E-state index is -1.91. The minimum absolute atomic E-state index is 0.0712. The van der Waals surface area contributed by atoms with Crippen molar-refractivity contribution in [1.29, 1.82) is 0 Å². The molecular formula is C27H24N2O4. The number of carbonyl (C=O) groups is 1. The monoisotopic (exact) mass is 440 g/mol. The summed E-state index contributed by atoms with van der Waals surface area (Å²) >= 11 is 0. The standard InChI is InChI=1S/C27H24N2O4/c1-3-22-23-19(27(32,4-2)26(31)33-22)13-21-24-16(14-29(21)25(23)30)12-18-17(15-8-5-6-9-15)10-7-11-20(18)28-24/h1,7,10-13,15,22,32H,4-6,8-9,14H2,2H3/t22?,27-/m0/s1. The average molecular weight is 440 g/mol. The van der Waals surface area contributed by atoms with Crippen LogP contribution in [0.5, 0.6) is 0 Å². The van der Waals surface area contributed by atoms with Crippen LogP contribution >= 0.6 is 0 Å². The van der Waals surface area contributed by atoms with Gasteiger partial charge in [-0.2, -0.15) is 0 Å². The summed E-state index contributed by atoms with van der Waals surface area (Å²) < 4.78 is 6.90. The maximum atomic E-state index is 13.6. The quantitative estimate of drug-likeness (QED) is 0.378. The van der Waals surface area contributed by atoms with Crippen LogP contribution in [0.2, 0.25) is 0 Å². The molecule has 33 heavy (non-hydrogen) atoms. The van der Waals surface area contributed by atoms with Gasteiger partial charge in [0, 0.05) is 16.5 Å². The van der Waals surface area contributed by atoms with Gasteiger partial charge < -0.3 is 14.4 Å². The highest BCUT2D eigenvalue weighted by atomic mass is 16.6. The van der Waals surface area contributed by atoms with Gasteiger partial charge in [-0.25, -0.2) is 9.78 Å². The van der Waals surface area contributed by atoms with E-state index >= 15 is 0 Å². The molecule has 2 aromatic heterocycles. The van der Waals surface area contributed by atoms with Crippen molar-refractivity contribution in [3.8, 4) is 23.7 Å². The first-order valence-electron chi connectivity index (χ1n) is 11.6. The number of cyclic esters (lactones) is 1. The SMILES string of the molecule is C#CC1OC(=O)[C@](O)(CC)c2cc3n(c(=O)c21)Cc1cc2c(C4CCCC4)cccc2nc1-3. The Balaban J connectivity index is 1.58. The number of ether oxygens (including phenoxy) is 1. The molecule has 0 amide bonds. The van der Waals surface area contributed by atoms with E-state index in [4.69, 9.17) is 16.1 Å². The van der Waals surface area contributed by atoms with Crippen molar-refractivity contribution in [1.82, 2.24) is 9.55 Å². The van der Waals surface area contributed by atoms with Crippen LogP contribution in [0, 0.1) is 12.3 Å². The zero-order chi connectivity index (χ0) is 22.9. The number of pyridine rings is 2. The van der Waals surface area contributed by atoms with E-state index in [-0.39, 0.29) is 23.1 Å². The van der Waals surface area contributed by atoms with Crippen molar-refractivity contribution in [2.24, 2.45) is 0 Å². The fourth-order valence-electron chi connectivity index (χ4n) is 5.80. The van der Waals surface area contributed by atoms with Gasteiger partial charge >= 0.3 is 5.97 Å². The molecule has 0 radical (unpaired) electrons. The predicted octanol–water partition coefficient (Wildman–Crippen LogP) is 3.91. The van der Waals surface area contributed by atoms with Crippen molar-refractivity contribution < 1.29 is 14.6 Å². The molecule has 166 valence electrons. The Bertz CT molecular complexity index is 1440. The van der Waals surface area contributed by atoms with Crippen molar-refractivity contribution in [3.63, 3.8) is 0 Å². The third kappa shape index (κ3) is 2.69. The molecule has 1 unspecified atom stereocenters. The molecule has 4 heterocycles. The summed E-state index contributed by atoms with van der Waals surface area (Å²) in [6.07, 6.45) is 9.43. The lowest BCUT2D eigenvalue weighted by molar-refractivity contribution is -0.174. The van der Waals surface area contributed by atoms with Crippen LogP contribution in [0.25, 0.3) is 22.3 Å². The highest BCUT2D eigenvalue weighted by Gasteiger charge is 2.48. The van der Waals surface area contributed by atoms with E-state index in [0.717, 1.165) is 16.5 Å². The third-order valence-corrected chi connectivity index (χ3v) is 7.61. The first-order valence-corrected chi connectivity index (χ1v) is 11.6. The van der Waals surface area contributed by atoms with Crippen LogP contribution in [0.3, 0.4) is 0 Å². The molecule has 2 aliphatic heterocycles. The smallest absolute Gasteiger partial charge is 0.344 e. The lowest BCUT2D eigenvalue weighted by atomic mass is 9.83. The fourth-order valence-corrected chi connectivity index (χ4v) is 5.80. The van der Waals surface area contributed by atoms with E-state index < -0.39 is 17.7 Å². The summed E-state index contributed by atoms with van der Waals surface area (Å²) in [6.45, 7) is 2.05. The van der Waals surface area contributed by atoms with Crippen molar-refractivity contribution in [2.45, 2.75) is 63.2 Å². The van der Waals surface area contributed by atoms with Gasteiger partial charge in [0.25, 0.3) is 5.56 Å². The molecule has 3 aromatic rings. The number of esters is 1. The topological polar surface area (TPSA) is 81.4 Å². The Morgan fingerprint density at radius 2 is 2.06 bits per heavy atom. The highest BCUT2D eigenvalue weighted by Crippen LogP contribution is 2.43. The van der Waals surface area contributed by atoms with E-state index in [1.807, 2.05) is 12.1 Å². The van der Waals surface area contributed by atoms with Crippen LogP contribution in [0.4, 0.5) is 0 Å². The summed E-state index contributed by atoms with van der Waals surface area (Å²) in [5, 5.41) is 12.3. The molecular weight excluding hydrogens is 416 g/mol. The number of rotatable bonds is 2. The van der Waals surface area contributed by atoms with Crippen LogP contribution in [-0.4, -0.2) is 20.6 Å². The molecule has 0 bridgehead atoms. The van der Waals surface area contributed by atoms with Gasteiger partial charge in [0.15, 0.2) is 11.7 Å². The first kappa shape index (κ1) is 20.2. The second kappa shape index (κ2) is 7.03. The summed E-state index contributed by atoms with van der Waals surface area (Å²) in [6, 6.07) is 10.1. The van der Waals surface area contributed by atoms with E-state index in [1.54, 1.807) is 17.6 Å². The molecule has 1 aliphatic carbocycles. The summed E-state index contributed by atoms with van der Waals surface area (Å²) in [5.74, 6) is 2.11. The number of fused-ring (bicyclic) bond motifs is 5. The molecule has 6 heteroatoms. The molecule has 1 N–H and O–H groups in total. The number of hydrogen-bond acceptors (Lipinski definition) is 5. The van der Waals surface area contributed by atoms with Crippen LogP contribution in [0.1, 0.15) is 73.3 Å². The Morgan fingerprint density at radius 1 is 1.27 bits per heavy atom. The van der Waals surface area contributed by atoms with E-state index in [1.165, 1.54) is 31.2 Å². The second-order valence-corrected chi connectivity index (χ2v) is 9.31. The van der Waals surface area contributed by atoms with Gasteiger partial charge in [0.1, 0.15) is 0 Å². The first-order chi connectivity index (χ1) is 16.0. The zero-order valence-electron chi connectivity index (χ0n) is 18.4. The van der Waals surface area contributed by atoms with Crippen molar-refractivity contribution >= 4 is 16.9 Å². The lowest BCUT2D eigenvalue weighted by Crippen LogP contribution is -2.45. The minimum Gasteiger partial charge on any atom is -0.442 e. The number of aromatic nitrogens is 2. The Kier molecular flexibility index (Phi) is 4.30. The molecule has 6 nitrogen and oxygen atoms in total. The Morgan fingerprint density at radius 3 is 2.79 bits per heavy atom. The molecule has 1 saturated carbocycles. The molecule has 1 fully saturated rings. The van der Waals surface area contributed by atoms with Gasteiger partial charge in [0.2, 0.25) is 0 Å². The normalized spacial score (nSPS) is 23.7. The number of carbonyl (C=O) groups excluding carboxylic acids is 1. The van der Waals surface area contributed by atoms with Crippen LogP contribution in [-0.2, 0) is 21.7 Å². The summed E-state index contributed by atoms with van der Waals surface area (Å²) in [7, 11) is 0. The molecule has 2 atom stereocenters. The largest absolute Gasteiger partial charge is 0.442 e.